The van der Waals surface area contributed by atoms with E-state index in [0.29, 0.717) is 13.1 Å². The first-order valence-electron chi connectivity index (χ1n) is 11.4. The Balaban J connectivity index is 1.41. The second-order valence-electron chi connectivity index (χ2n) is 8.95. The fourth-order valence-corrected chi connectivity index (χ4v) is 5.01. The number of para-hydroxylation sites is 1. The van der Waals surface area contributed by atoms with E-state index in [2.05, 4.69) is 66.2 Å². The lowest BCUT2D eigenvalue weighted by atomic mass is 10.0. The van der Waals surface area contributed by atoms with Gasteiger partial charge < -0.3 is 19.5 Å². The number of aromatic nitrogens is 1. The molecular formula is C26H31N3O2. The minimum absolute atomic E-state index is 0.0208. The molecule has 3 heterocycles. The molecule has 0 aliphatic carbocycles. The molecule has 2 amide bonds. The summed E-state index contributed by atoms with van der Waals surface area (Å²) >= 11 is 0. The Morgan fingerprint density at radius 2 is 2.06 bits per heavy atom. The van der Waals surface area contributed by atoms with Crippen LogP contribution < -0.4 is 5.32 Å². The number of hydrogen-bond acceptors (Lipinski definition) is 2. The summed E-state index contributed by atoms with van der Waals surface area (Å²) in [5.41, 5.74) is 7.89. The molecule has 162 valence electrons. The van der Waals surface area contributed by atoms with E-state index in [9.17, 15) is 4.79 Å². The summed E-state index contributed by atoms with van der Waals surface area (Å²) in [6.07, 6.45) is 3.18. The zero-order valence-corrected chi connectivity index (χ0v) is 18.5. The van der Waals surface area contributed by atoms with Gasteiger partial charge in [0.2, 0.25) is 0 Å². The third kappa shape index (κ3) is 3.94. The zero-order valence-electron chi connectivity index (χ0n) is 18.5. The number of amides is 2. The highest BCUT2D eigenvalue weighted by atomic mass is 16.5. The van der Waals surface area contributed by atoms with E-state index < -0.39 is 0 Å². The average molecular weight is 418 g/mol. The normalized spacial score (nSPS) is 18.4. The van der Waals surface area contributed by atoms with Gasteiger partial charge in [0.05, 0.1) is 6.10 Å². The molecule has 0 spiro atoms. The van der Waals surface area contributed by atoms with Crippen LogP contribution in [-0.4, -0.2) is 41.3 Å². The molecule has 1 saturated heterocycles. The fraction of sp³-hybridized carbons (Fsp3) is 0.423. The van der Waals surface area contributed by atoms with E-state index in [-0.39, 0.29) is 12.1 Å². The molecule has 31 heavy (non-hydrogen) atoms. The smallest absolute Gasteiger partial charge is 0.317 e. The lowest BCUT2D eigenvalue weighted by molar-refractivity contribution is 0.108. The van der Waals surface area contributed by atoms with Crippen molar-refractivity contribution < 1.29 is 9.53 Å². The van der Waals surface area contributed by atoms with Gasteiger partial charge in [-0.05, 0) is 43.9 Å². The van der Waals surface area contributed by atoms with Crippen molar-refractivity contribution in [2.24, 2.45) is 0 Å². The number of benzene rings is 2. The number of fused-ring (bicyclic) bond motifs is 3. The SMILES string of the molecule is Cc1ccc(C)c(Cn2c3c(c4ccccc42)CN(C(=O)NCC2CCCO2)CC3)c1. The Labute approximate surface area is 184 Å². The molecule has 1 fully saturated rings. The van der Waals surface area contributed by atoms with Crippen molar-refractivity contribution in [2.45, 2.75) is 52.3 Å². The van der Waals surface area contributed by atoms with Gasteiger partial charge in [-0.25, -0.2) is 4.79 Å². The lowest BCUT2D eigenvalue weighted by Crippen LogP contribution is -2.45. The predicted molar refractivity (Wildman–Crippen MR) is 123 cm³/mol. The van der Waals surface area contributed by atoms with Gasteiger partial charge in [-0.3, -0.25) is 0 Å². The van der Waals surface area contributed by atoms with Crippen molar-refractivity contribution >= 4 is 16.9 Å². The van der Waals surface area contributed by atoms with Gasteiger partial charge >= 0.3 is 6.03 Å². The van der Waals surface area contributed by atoms with Crippen LogP contribution in [0.15, 0.2) is 42.5 Å². The molecule has 1 N–H and O–H groups in total. The van der Waals surface area contributed by atoms with Crippen molar-refractivity contribution in [3.63, 3.8) is 0 Å². The third-order valence-corrected chi connectivity index (χ3v) is 6.79. The van der Waals surface area contributed by atoms with Crippen molar-refractivity contribution in [2.75, 3.05) is 19.7 Å². The van der Waals surface area contributed by atoms with Crippen LogP contribution in [0.25, 0.3) is 10.9 Å². The minimum atomic E-state index is 0.0208. The molecule has 5 heteroatoms. The molecule has 3 aromatic rings. The maximum Gasteiger partial charge on any atom is 0.317 e. The van der Waals surface area contributed by atoms with Gasteiger partial charge in [-0.2, -0.15) is 0 Å². The number of urea groups is 1. The first-order valence-corrected chi connectivity index (χ1v) is 11.4. The Morgan fingerprint density at radius 3 is 2.90 bits per heavy atom. The molecule has 1 atom stereocenters. The largest absolute Gasteiger partial charge is 0.376 e. The molecule has 0 radical (unpaired) electrons. The standard InChI is InChI=1S/C26H31N3O2/c1-18-9-10-19(2)20(14-18)16-29-24-8-4-3-7-22(24)23-17-28(12-11-25(23)29)26(30)27-15-21-6-5-13-31-21/h3-4,7-10,14,21H,5-6,11-13,15-17H2,1-2H3,(H,27,30). The highest BCUT2D eigenvalue weighted by Gasteiger charge is 2.27. The summed E-state index contributed by atoms with van der Waals surface area (Å²) in [6, 6.07) is 15.3. The minimum Gasteiger partial charge on any atom is -0.376 e. The van der Waals surface area contributed by atoms with Crippen LogP contribution in [0.3, 0.4) is 0 Å². The van der Waals surface area contributed by atoms with Gasteiger partial charge in [-0.1, -0.05) is 42.0 Å². The molecular weight excluding hydrogens is 386 g/mol. The van der Waals surface area contributed by atoms with E-state index in [1.165, 1.54) is 38.9 Å². The first-order chi connectivity index (χ1) is 15.1. The molecule has 2 aliphatic rings. The molecule has 0 saturated carbocycles. The van der Waals surface area contributed by atoms with Crippen LogP contribution in [0.1, 0.15) is 40.8 Å². The Hall–Kier alpha value is -2.79. The number of nitrogens with zero attached hydrogens (tertiary/aromatic N) is 2. The summed E-state index contributed by atoms with van der Waals surface area (Å²) in [7, 11) is 0. The summed E-state index contributed by atoms with van der Waals surface area (Å²) in [4.78, 5) is 14.8. The number of aryl methyl sites for hydroxylation is 2. The first kappa shape index (κ1) is 20.1. The molecule has 5 rings (SSSR count). The molecule has 1 aromatic heterocycles. The highest BCUT2D eigenvalue weighted by Crippen LogP contribution is 2.32. The average Bonchev–Trinajstić information content (AvgIpc) is 3.41. The topological polar surface area (TPSA) is 46.5 Å². The number of carbonyl (C=O) groups is 1. The van der Waals surface area contributed by atoms with E-state index in [0.717, 1.165) is 39.0 Å². The molecule has 2 aliphatic heterocycles. The van der Waals surface area contributed by atoms with Crippen LogP contribution in [0.5, 0.6) is 0 Å². The maximum absolute atomic E-state index is 12.8. The van der Waals surface area contributed by atoms with Gasteiger partial charge in [-0.15, -0.1) is 0 Å². The molecule has 5 nitrogen and oxygen atoms in total. The number of hydrogen-bond donors (Lipinski definition) is 1. The molecule has 2 aromatic carbocycles. The number of nitrogens with one attached hydrogen (secondary N) is 1. The predicted octanol–water partition coefficient (Wildman–Crippen LogP) is 4.55. The van der Waals surface area contributed by atoms with Gasteiger partial charge in [0, 0.05) is 61.4 Å². The van der Waals surface area contributed by atoms with E-state index in [1.807, 2.05) is 4.90 Å². The second-order valence-corrected chi connectivity index (χ2v) is 8.95. The van der Waals surface area contributed by atoms with E-state index in [4.69, 9.17) is 4.74 Å². The van der Waals surface area contributed by atoms with Crippen molar-refractivity contribution in [1.29, 1.82) is 0 Å². The van der Waals surface area contributed by atoms with Crippen LogP contribution in [0.2, 0.25) is 0 Å². The van der Waals surface area contributed by atoms with Crippen LogP contribution in [0, 0.1) is 13.8 Å². The quantitative estimate of drug-likeness (QED) is 0.677. The van der Waals surface area contributed by atoms with E-state index >= 15 is 0 Å². The van der Waals surface area contributed by atoms with Crippen LogP contribution in [0.4, 0.5) is 4.79 Å². The van der Waals surface area contributed by atoms with Gasteiger partial charge in [0.15, 0.2) is 0 Å². The molecule has 1 unspecified atom stereocenters. The van der Waals surface area contributed by atoms with Crippen molar-refractivity contribution in [1.82, 2.24) is 14.8 Å². The lowest BCUT2D eigenvalue weighted by Gasteiger charge is -2.29. The number of ether oxygens (including phenoxy) is 1. The van der Waals surface area contributed by atoms with E-state index in [1.54, 1.807) is 0 Å². The second kappa shape index (κ2) is 8.39. The summed E-state index contributed by atoms with van der Waals surface area (Å²) in [6.45, 7) is 8.03. The summed E-state index contributed by atoms with van der Waals surface area (Å²) < 4.78 is 8.11. The molecule has 0 bridgehead atoms. The van der Waals surface area contributed by atoms with Gasteiger partial charge in [0.25, 0.3) is 0 Å². The summed E-state index contributed by atoms with van der Waals surface area (Å²) in [5.74, 6) is 0. The Bertz CT molecular complexity index is 1110. The van der Waals surface area contributed by atoms with Crippen LogP contribution >= 0.6 is 0 Å². The highest BCUT2D eigenvalue weighted by molar-refractivity contribution is 5.87. The maximum atomic E-state index is 12.8. The zero-order chi connectivity index (χ0) is 21.4. The van der Waals surface area contributed by atoms with Crippen molar-refractivity contribution in [3.05, 3.63) is 70.4 Å². The fourth-order valence-electron chi connectivity index (χ4n) is 5.01. The number of carbonyl (C=O) groups excluding carboxylic acids is 1. The van der Waals surface area contributed by atoms with Gasteiger partial charge in [0.1, 0.15) is 0 Å². The third-order valence-electron chi connectivity index (χ3n) is 6.79. The summed E-state index contributed by atoms with van der Waals surface area (Å²) in [5, 5.41) is 4.35. The van der Waals surface area contributed by atoms with Crippen molar-refractivity contribution in [3.8, 4) is 0 Å². The Morgan fingerprint density at radius 1 is 1.19 bits per heavy atom. The number of rotatable bonds is 4. The van der Waals surface area contributed by atoms with Crippen LogP contribution in [-0.2, 0) is 24.2 Å². The monoisotopic (exact) mass is 417 g/mol. The Kier molecular flexibility index (Phi) is 5.45.